The van der Waals surface area contributed by atoms with Crippen molar-refractivity contribution in [2.45, 2.75) is 65.5 Å². The lowest BCUT2D eigenvalue weighted by Gasteiger charge is -2.29. The molecule has 2 heteroatoms. The van der Waals surface area contributed by atoms with Crippen LogP contribution in [0.25, 0.3) is 0 Å². The lowest BCUT2D eigenvalue weighted by Crippen LogP contribution is -2.36. The fourth-order valence-corrected chi connectivity index (χ4v) is 2.88. The monoisotopic (exact) mass is 227 g/mol. The maximum Gasteiger partial charge on any atom is 0.0576 e. The Morgan fingerprint density at radius 1 is 1.31 bits per heavy atom. The molecular weight excluding hydrogens is 198 g/mol. The van der Waals surface area contributed by atoms with Crippen LogP contribution in [-0.2, 0) is 4.74 Å². The molecule has 0 aromatic rings. The molecule has 0 spiro atoms. The van der Waals surface area contributed by atoms with E-state index >= 15 is 0 Å². The summed E-state index contributed by atoms with van der Waals surface area (Å²) >= 11 is 0. The summed E-state index contributed by atoms with van der Waals surface area (Å²) in [5, 5.41) is 3.56. The smallest absolute Gasteiger partial charge is 0.0576 e. The van der Waals surface area contributed by atoms with Gasteiger partial charge in [0.2, 0.25) is 0 Å². The Kier molecular flexibility index (Phi) is 6.37. The fraction of sp³-hybridized carbons (Fsp3) is 1.00. The third kappa shape index (κ3) is 4.42. The van der Waals surface area contributed by atoms with Crippen LogP contribution in [-0.4, -0.2) is 25.3 Å². The molecule has 2 nitrogen and oxygen atoms in total. The summed E-state index contributed by atoms with van der Waals surface area (Å²) in [7, 11) is 0. The van der Waals surface area contributed by atoms with E-state index < -0.39 is 0 Å². The molecule has 3 unspecified atom stereocenters. The highest BCUT2D eigenvalue weighted by molar-refractivity contribution is 4.77. The first-order chi connectivity index (χ1) is 7.65. The third-order valence-electron chi connectivity index (χ3n) is 3.87. The second-order valence-electron chi connectivity index (χ2n) is 5.47. The number of ether oxygens (including phenoxy) is 1. The normalized spacial score (nSPS) is 24.9. The zero-order chi connectivity index (χ0) is 12.0. The molecular formula is C14H29NO. The van der Waals surface area contributed by atoms with Gasteiger partial charge in [-0.1, -0.05) is 20.8 Å². The van der Waals surface area contributed by atoms with E-state index in [0.29, 0.717) is 12.1 Å². The maximum atomic E-state index is 5.70. The number of hydrogen-bond acceptors (Lipinski definition) is 2. The number of rotatable bonds is 7. The van der Waals surface area contributed by atoms with Crippen molar-refractivity contribution in [1.82, 2.24) is 5.32 Å². The minimum Gasteiger partial charge on any atom is -0.378 e. The lowest BCUT2D eigenvalue weighted by atomic mass is 9.84. The third-order valence-corrected chi connectivity index (χ3v) is 3.87. The first kappa shape index (κ1) is 14.0. The highest BCUT2D eigenvalue weighted by Crippen LogP contribution is 2.25. The van der Waals surface area contributed by atoms with Crippen LogP contribution in [0.4, 0.5) is 0 Å². The molecule has 1 fully saturated rings. The summed E-state index contributed by atoms with van der Waals surface area (Å²) in [6.45, 7) is 11.3. The van der Waals surface area contributed by atoms with Gasteiger partial charge in [0.15, 0.2) is 0 Å². The first-order valence-corrected chi connectivity index (χ1v) is 7.00. The largest absolute Gasteiger partial charge is 0.378 e. The molecule has 1 aliphatic heterocycles. The van der Waals surface area contributed by atoms with Crippen LogP contribution < -0.4 is 5.32 Å². The van der Waals surface area contributed by atoms with Crippen molar-refractivity contribution in [3.8, 4) is 0 Å². The fourth-order valence-electron chi connectivity index (χ4n) is 2.88. The van der Waals surface area contributed by atoms with Crippen molar-refractivity contribution in [3.05, 3.63) is 0 Å². The molecule has 1 N–H and O–H groups in total. The van der Waals surface area contributed by atoms with Crippen LogP contribution in [0.5, 0.6) is 0 Å². The van der Waals surface area contributed by atoms with Gasteiger partial charge >= 0.3 is 0 Å². The van der Waals surface area contributed by atoms with E-state index in [9.17, 15) is 0 Å². The van der Waals surface area contributed by atoms with Crippen molar-refractivity contribution in [2.24, 2.45) is 11.8 Å². The molecule has 0 aromatic heterocycles. The molecule has 16 heavy (non-hydrogen) atoms. The minimum atomic E-state index is 0.551. The second kappa shape index (κ2) is 7.29. The average Bonchev–Trinajstić information content (AvgIpc) is 2.70. The maximum absolute atomic E-state index is 5.70. The van der Waals surface area contributed by atoms with Crippen molar-refractivity contribution in [1.29, 1.82) is 0 Å². The molecule has 1 heterocycles. The SMILES string of the molecule is CCNC(C)C(CCC1CCCO1)C(C)C. The standard InChI is InChI=1S/C14H29NO/c1-5-15-12(4)14(11(2)3)9-8-13-7-6-10-16-13/h11-15H,5-10H2,1-4H3. The zero-order valence-electron chi connectivity index (χ0n) is 11.5. The van der Waals surface area contributed by atoms with Crippen LogP contribution in [0.2, 0.25) is 0 Å². The van der Waals surface area contributed by atoms with Crippen molar-refractivity contribution < 1.29 is 4.74 Å². The minimum absolute atomic E-state index is 0.551. The second-order valence-corrected chi connectivity index (χ2v) is 5.47. The molecule has 1 aliphatic rings. The van der Waals surface area contributed by atoms with Gasteiger partial charge in [-0.05, 0) is 51.0 Å². The van der Waals surface area contributed by atoms with Gasteiger partial charge in [0.05, 0.1) is 6.10 Å². The average molecular weight is 227 g/mol. The molecule has 3 atom stereocenters. The van der Waals surface area contributed by atoms with E-state index in [1.165, 1.54) is 25.7 Å². The van der Waals surface area contributed by atoms with E-state index in [0.717, 1.165) is 25.0 Å². The summed E-state index contributed by atoms with van der Waals surface area (Å²) in [6.07, 6.45) is 5.64. The highest BCUT2D eigenvalue weighted by atomic mass is 16.5. The van der Waals surface area contributed by atoms with E-state index in [4.69, 9.17) is 4.74 Å². The van der Waals surface area contributed by atoms with Crippen LogP contribution in [0, 0.1) is 11.8 Å². The molecule has 1 rings (SSSR count). The predicted molar refractivity (Wildman–Crippen MR) is 69.7 cm³/mol. The van der Waals surface area contributed by atoms with Crippen LogP contribution >= 0.6 is 0 Å². The Morgan fingerprint density at radius 2 is 2.06 bits per heavy atom. The molecule has 96 valence electrons. The quantitative estimate of drug-likeness (QED) is 0.721. The van der Waals surface area contributed by atoms with Crippen LogP contribution in [0.3, 0.4) is 0 Å². The van der Waals surface area contributed by atoms with E-state index in [-0.39, 0.29) is 0 Å². The molecule has 0 aliphatic carbocycles. The van der Waals surface area contributed by atoms with Gasteiger partial charge in [-0.25, -0.2) is 0 Å². The van der Waals surface area contributed by atoms with Gasteiger partial charge in [-0.2, -0.15) is 0 Å². The topological polar surface area (TPSA) is 21.3 Å². The number of nitrogens with one attached hydrogen (secondary N) is 1. The van der Waals surface area contributed by atoms with Crippen molar-refractivity contribution in [3.63, 3.8) is 0 Å². The molecule has 0 radical (unpaired) electrons. The Labute approximate surface area is 101 Å². The van der Waals surface area contributed by atoms with Crippen molar-refractivity contribution >= 4 is 0 Å². The first-order valence-electron chi connectivity index (χ1n) is 7.00. The van der Waals surface area contributed by atoms with Gasteiger partial charge in [-0.15, -0.1) is 0 Å². The summed E-state index contributed by atoms with van der Waals surface area (Å²) in [4.78, 5) is 0. The molecule has 0 bridgehead atoms. The van der Waals surface area contributed by atoms with Crippen molar-refractivity contribution in [2.75, 3.05) is 13.2 Å². The summed E-state index contributed by atoms with van der Waals surface area (Å²) < 4.78 is 5.70. The summed E-state index contributed by atoms with van der Waals surface area (Å²) in [5.74, 6) is 1.54. The Balaban J connectivity index is 2.31. The van der Waals surface area contributed by atoms with Gasteiger partial charge in [0.1, 0.15) is 0 Å². The zero-order valence-corrected chi connectivity index (χ0v) is 11.5. The van der Waals surface area contributed by atoms with Crippen LogP contribution in [0.15, 0.2) is 0 Å². The highest BCUT2D eigenvalue weighted by Gasteiger charge is 2.23. The van der Waals surface area contributed by atoms with E-state index in [2.05, 4.69) is 33.0 Å². The Hall–Kier alpha value is -0.0800. The lowest BCUT2D eigenvalue weighted by molar-refractivity contribution is 0.0926. The Morgan fingerprint density at radius 3 is 2.56 bits per heavy atom. The van der Waals surface area contributed by atoms with E-state index in [1.807, 2.05) is 0 Å². The predicted octanol–water partition coefficient (Wildman–Crippen LogP) is 3.22. The molecule has 1 saturated heterocycles. The van der Waals surface area contributed by atoms with Crippen LogP contribution in [0.1, 0.15) is 53.4 Å². The number of hydrogen-bond donors (Lipinski definition) is 1. The van der Waals surface area contributed by atoms with Gasteiger partial charge in [0, 0.05) is 12.6 Å². The molecule has 0 amide bonds. The van der Waals surface area contributed by atoms with Gasteiger partial charge < -0.3 is 10.1 Å². The van der Waals surface area contributed by atoms with Gasteiger partial charge in [0.25, 0.3) is 0 Å². The Bertz CT molecular complexity index is 176. The summed E-state index contributed by atoms with van der Waals surface area (Å²) in [6, 6.07) is 0.631. The van der Waals surface area contributed by atoms with E-state index in [1.54, 1.807) is 0 Å². The molecule has 0 aromatic carbocycles. The summed E-state index contributed by atoms with van der Waals surface area (Å²) in [5.41, 5.74) is 0. The van der Waals surface area contributed by atoms with Gasteiger partial charge in [-0.3, -0.25) is 0 Å². The molecule has 0 saturated carbocycles.